The van der Waals surface area contributed by atoms with Crippen molar-refractivity contribution in [3.8, 4) is 5.75 Å². The topological polar surface area (TPSA) is 87.9 Å². The zero-order valence-corrected chi connectivity index (χ0v) is 17.3. The van der Waals surface area contributed by atoms with Crippen LogP contribution in [-0.2, 0) is 6.18 Å². The normalized spacial score (nSPS) is 19.9. The molecule has 7 nitrogen and oxygen atoms in total. The molecule has 10 heteroatoms. The van der Waals surface area contributed by atoms with Crippen molar-refractivity contribution in [1.29, 1.82) is 0 Å². The van der Waals surface area contributed by atoms with E-state index in [1.807, 2.05) is 6.92 Å². The van der Waals surface area contributed by atoms with Gasteiger partial charge in [0.2, 0.25) is 0 Å². The number of benzene rings is 1. The van der Waals surface area contributed by atoms with Gasteiger partial charge >= 0.3 is 12.3 Å². The van der Waals surface area contributed by atoms with Gasteiger partial charge in [0.05, 0.1) is 17.0 Å². The summed E-state index contributed by atoms with van der Waals surface area (Å²) in [4.78, 5) is 26.8. The fourth-order valence-electron chi connectivity index (χ4n) is 3.68. The van der Waals surface area contributed by atoms with Gasteiger partial charge in [-0.1, -0.05) is 11.2 Å². The van der Waals surface area contributed by atoms with Gasteiger partial charge in [-0.2, -0.15) is 13.2 Å². The number of oxime groups is 1. The van der Waals surface area contributed by atoms with Crippen LogP contribution >= 0.6 is 0 Å². The van der Waals surface area contributed by atoms with Crippen LogP contribution in [0, 0.1) is 6.92 Å². The van der Waals surface area contributed by atoms with Gasteiger partial charge in [0, 0.05) is 30.3 Å². The Balaban J connectivity index is 1.84. The van der Waals surface area contributed by atoms with Gasteiger partial charge in [-0.25, -0.2) is 14.8 Å². The first-order valence-corrected chi connectivity index (χ1v) is 9.78. The average Bonchev–Trinajstić information content (AvgIpc) is 2.71. The number of hydrogen-bond acceptors (Lipinski definition) is 5. The van der Waals surface area contributed by atoms with E-state index in [0.29, 0.717) is 36.5 Å². The quantitative estimate of drug-likeness (QED) is 0.547. The Hall–Kier alpha value is -3.17. The smallest absolute Gasteiger partial charge is 0.416 e. The summed E-state index contributed by atoms with van der Waals surface area (Å²) in [6.07, 6.45) is -2.62. The predicted molar refractivity (Wildman–Crippen MR) is 107 cm³/mol. The van der Waals surface area contributed by atoms with E-state index in [1.54, 1.807) is 20.0 Å². The molecule has 0 spiro atoms. The van der Waals surface area contributed by atoms with Crippen molar-refractivity contribution in [2.24, 2.45) is 5.16 Å². The molecule has 1 aliphatic rings. The molecule has 1 aliphatic heterocycles. The molecule has 1 fully saturated rings. The summed E-state index contributed by atoms with van der Waals surface area (Å²) in [7, 11) is 0. The van der Waals surface area contributed by atoms with Gasteiger partial charge in [0.25, 0.3) is 0 Å². The highest BCUT2D eigenvalue weighted by atomic mass is 19.4. The number of aromatic nitrogens is 2. The lowest BCUT2D eigenvalue weighted by molar-refractivity contribution is -0.137. The van der Waals surface area contributed by atoms with Crippen LogP contribution in [0.1, 0.15) is 55.3 Å². The first kappa shape index (κ1) is 22.5. The summed E-state index contributed by atoms with van der Waals surface area (Å²) in [6.45, 7) is 5.67. The number of rotatable bonds is 4. The molecule has 0 radical (unpaired) electrons. The summed E-state index contributed by atoms with van der Waals surface area (Å²) in [6, 6.07) is 4.31. The number of alkyl halides is 3. The highest BCUT2D eigenvalue weighted by Crippen LogP contribution is 2.33. The first-order valence-electron chi connectivity index (χ1n) is 9.78. The molecule has 1 aromatic heterocycles. The molecular formula is C21H23F3N4O3. The maximum absolute atomic E-state index is 12.9. The molecule has 31 heavy (non-hydrogen) atoms. The molecule has 2 atom stereocenters. The molecule has 0 bridgehead atoms. The van der Waals surface area contributed by atoms with Crippen LogP contribution in [0.3, 0.4) is 0 Å². The number of piperidine rings is 1. The van der Waals surface area contributed by atoms with Crippen molar-refractivity contribution >= 4 is 11.8 Å². The lowest BCUT2D eigenvalue weighted by atomic mass is 9.86. The van der Waals surface area contributed by atoms with Gasteiger partial charge < -0.3 is 14.8 Å². The number of likely N-dealkylation sites (tertiary alicyclic amines) is 1. The number of nitrogens with zero attached hydrogens (tertiary/aromatic N) is 4. The molecule has 3 rings (SSSR count). The molecule has 1 aromatic carbocycles. The van der Waals surface area contributed by atoms with Gasteiger partial charge in [0.15, 0.2) is 5.75 Å². The third-order valence-electron chi connectivity index (χ3n) is 5.29. The van der Waals surface area contributed by atoms with Crippen LogP contribution in [0.4, 0.5) is 18.0 Å². The Morgan fingerprint density at radius 1 is 1.35 bits per heavy atom. The zero-order valence-electron chi connectivity index (χ0n) is 17.3. The Morgan fingerprint density at radius 3 is 2.74 bits per heavy atom. The van der Waals surface area contributed by atoms with Crippen LogP contribution in [0.25, 0.3) is 0 Å². The fraction of sp³-hybridized carbons (Fsp3) is 0.429. The number of carbonyl (C=O) groups is 1. The summed E-state index contributed by atoms with van der Waals surface area (Å²) in [5.74, 6) is 0.534. The second-order valence-corrected chi connectivity index (χ2v) is 7.56. The first-order chi connectivity index (χ1) is 14.6. The van der Waals surface area contributed by atoms with Crippen LogP contribution in [0.5, 0.6) is 5.75 Å². The van der Waals surface area contributed by atoms with E-state index in [2.05, 4.69) is 15.1 Å². The van der Waals surface area contributed by atoms with Crippen LogP contribution in [0.2, 0.25) is 0 Å². The van der Waals surface area contributed by atoms with E-state index in [4.69, 9.17) is 4.84 Å². The second kappa shape index (κ2) is 8.91. The third kappa shape index (κ3) is 5.31. The number of amides is 1. The maximum atomic E-state index is 12.9. The molecule has 2 heterocycles. The van der Waals surface area contributed by atoms with Gasteiger partial charge in [0.1, 0.15) is 5.82 Å². The van der Waals surface area contributed by atoms with Gasteiger partial charge in [-0.15, -0.1) is 0 Å². The highest BCUT2D eigenvalue weighted by molar-refractivity contribution is 5.99. The molecule has 1 saturated heterocycles. The van der Waals surface area contributed by atoms with Crippen molar-refractivity contribution in [2.45, 2.75) is 51.7 Å². The van der Waals surface area contributed by atoms with E-state index in [-0.39, 0.29) is 17.7 Å². The number of aryl methyl sites for hydroxylation is 1. The van der Waals surface area contributed by atoms with E-state index in [0.717, 1.165) is 17.8 Å². The monoisotopic (exact) mass is 436 g/mol. The fourth-order valence-corrected chi connectivity index (χ4v) is 3.68. The van der Waals surface area contributed by atoms with Crippen LogP contribution < -0.4 is 4.84 Å². The highest BCUT2D eigenvalue weighted by Gasteiger charge is 2.32. The standard InChI is InChI=1S/C21H23F3N4O3/c1-12-9-15(7-8-28(12)20(29)30)19-18(11-25-14(3)26-19)13(2)27-31-17-6-4-5-16(10-17)21(22,23)24/h4-6,10-12,15H,7-9H2,1-3H3,(H,29,30). The van der Waals surface area contributed by atoms with E-state index in [1.165, 1.54) is 17.0 Å². The minimum absolute atomic E-state index is 0.000933. The Kier molecular flexibility index (Phi) is 6.47. The number of halogens is 3. The van der Waals surface area contributed by atoms with Crippen molar-refractivity contribution in [1.82, 2.24) is 14.9 Å². The molecule has 2 unspecified atom stereocenters. The minimum atomic E-state index is -4.47. The molecule has 1 N–H and O–H groups in total. The molecule has 1 amide bonds. The van der Waals surface area contributed by atoms with Crippen molar-refractivity contribution < 1.29 is 27.9 Å². The molecule has 2 aromatic rings. The van der Waals surface area contributed by atoms with Crippen LogP contribution in [-0.4, -0.2) is 44.4 Å². The summed E-state index contributed by atoms with van der Waals surface area (Å²) in [5, 5.41) is 13.3. The molecular weight excluding hydrogens is 413 g/mol. The summed E-state index contributed by atoms with van der Waals surface area (Å²) in [5.41, 5.74) is 0.953. The predicted octanol–water partition coefficient (Wildman–Crippen LogP) is 4.85. The SMILES string of the molecule is CC(=NOc1cccc(C(F)(F)F)c1)c1cnc(C)nc1C1CCN(C(=O)O)C(C)C1. The maximum Gasteiger partial charge on any atom is 0.416 e. The second-order valence-electron chi connectivity index (χ2n) is 7.56. The Morgan fingerprint density at radius 2 is 2.10 bits per heavy atom. The Bertz CT molecular complexity index is 994. The third-order valence-corrected chi connectivity index (χ3v) is 5.29. The van der Waals surface area contributed by atoms with Crippen molar-refractivity contribution in [2.75, 3.05) is 6.54 Å². The van der Waals surface area contributed by atoms with E-state index in [9.17, 15) is 23.1 Å². The Labute approximate surface area is 177 Å². The zero-order chi connectivity index (χ0) is 22.8. The summed E-state index contributed by atoms with van der Waals surface area (Å²) >= 11 is 0. The molecule has 0 saturated carbocycles. The molecule has 0 aliphatic carbocycles. The average molecular weight is 436 g/mol. The lowest BCUT2D eigenvalue weighted by Crippen LogP contribution is -2.43. The minimum Gasteiger partial charge on any atom is -0.465 e. The number of hydrogen-bond donors (Lipinski definition) is 1. The van der Waals surface area contributed by atoms with Gasteiger partial charge in [-0.3, -0.25) is 0 Å². The number of carboxylic acid groups (broad SMARTS) is 1. The van der Waals surface area contributed by atoms with Gasteiger partial charge in [-0.05, 0) is 51.8 Å². The van der Waals surface area contributed by atoms with Crippen molar-refractivity contribution in [3.05, 3.63) is 53.1 Å². The van der Waals surface area contributed by atoms with Crippen molar-refractivity contribution in [3.63, 3.8) is 0 Å². The van der Waals surface area contributed by atoms with Crippen LogP contribution in [0.15, 0.2) is 35.6 Å². The largest absolute Gasteiger partial charge is 0.465 e. The lowest BCUT2D eigenvalue weighted by Gasteiger charge is -2.36. The molecule has 166 valence electrons. The summed E-state index contributed by atoms with van der Waals surface area (Å²) < 4.78 is 38.7. The van der Waals surface area contributed by atoms with E-state index < -0.39 is 17.8 Å². The van der Waals surface area contributed by atoms with E-state index >= 15 is 0 Å².